The second-order valence-electron chi connectivity index (χ2n) is 8.60. The second kappa shape index (κ2) is 4.88. The van der Waals surface area contributed by atoms with E-state index in [0.29, 0.717) is 10.8 Å². The molecule has 124 valence electrons. The molecule has 2 aromatic carbocycles. The first-order valence-electron chi connectivity index (χ1n) is 9.02. The molecule has 0 aliphatic heterocycles. The Morgan fingerprint density at radius 1 is 0.833 bits per heavy atom. The van der Waals surface area contributed by atoms with Crippen molar-refractivity contribution in [1.29, 1.82) is 0 Å². The molecule has 0 radical (unpaired) electrons. The third-order valence-corrected chi connectivity index (χ3v) is 8.72. The van der Waals surface area contributed by atoms with E-state index in [1.165, 1.54) is 51.3 Å². The zero-order chi connectivity index (χ0) is 16.7. The summed E-state index contributed by atoms with van der Waals surface area (Å²) in [5.74, 6) is 0. The van der Waals surface area contributed by atoms with Crippen LogP contribution in [0.25, 0.3) is 11.1 Å². The highest BCUT2D eigenvalue weighted by Gasteiger charge is 2.69. The summed E-state index contributed by atoms with van der Waals surface area (Å²) in [4.78, 5) is 0. The van der Waals surface area contributed by atoms with Crippen molar-refractivity contribution in [3.05, 3.63) is 55.6 Å². The molecule has 5 rings (SSSR count). The highest BCUT2D eigenvalue weighted by Crippen LogP contribution is 2.76. The number of halogens is 2. The van der Waals surface area contributed by atoms with Crippen LogP contribution in [-0.2, 0) is 5.41 Å². The summed E-state index contributed by atoms with van der Waals surface area (Å²) in [5, 5.41) is 0. The van der Waals surface area contributed by atoms with E-state index in [0.717, 1.165) is 0 Å². The van der Waals surface area contributed by atoms with Gasteiger partial charge in [0.05, 0.1) is 0 Å². The van der Waals surface area contributed by atoms with Gasteiger partial charge >= 0.3 is 0 Å². The van der Waals surface area contributed by atoms with Crippen LogP contribution in [-0.4, -0.2) is 0 Å². The van der Waals surface area contributed by atoms with Crippen molar-refractivity contribution in [2.45, 2.75) is 51.4 Å². The minimum absolute atomic E-state index is 0.188. The van der Waals surface area contributed by atoms with Gasteiger partial charge in [-0.3, -0.25) is 0 Å². The van der Waals surface area contributed by atoms with E-state index in [1.807, 2.05) is 0 Å². The molecule has 2 aromatic rings. The van der Waals surface area contributed by atoms with E-state index in [2.05, 4.69) is 88.8 Å². The van der Waals surface area contributed by atoms with Gasteiger partial charge in [-0.15, -0.1) is 0 Å². The van der Waals surface area contributed by atoms with E-state index in [9.17, 15) is 0 Å². The zero-order valence-electron chi connectivity index (χ0n) is 14.3. The van der Waals surface area contributed by atoms with Crippen LogP contribution in [0.4, 0.5) is 0 Å². The SMILES string of the molecule is CC12CCCC(C)(CC1)C21c2cc(Br)ccc2-c2ccc(I)cc21. The number of hydrogen-bond acceptors (Lipinski definition) is 0. The van der Waals surface area contributed by atoms with Crippen LogP contribution in [0.15, 0.2) is 40.9 Å². The lowest BCUT2D eigenvalue weighted by Gasteiger charge is -2.55. The first-order valence-corrected chi connectivity index (χ1v) is 10.9. The average molecular weight is 493 g/mol. The summed E-state index contributed by atoms with van der Waals surface area (Å²) in [6.45, 7) is 5.16. The van der Waals surface area contributed by atoms with E-state index in [-0.39, 0.29) is 5.41 Å². The Hall–Kier alpha value is -0.350. The van der Waals surface area contributed by atoms with Crippen molar-refractivity contribution in [3.63, 3.8) is 0 Å². The molecule has 2 heteroatoms. The first-order chi connectivity index (χ1) is 11.4. The van der Waals surface area contributed by atoms with Gasteiger partial charge in [0.25, 0.3) is 0 Å². The van der Waals surface area contributed by atoms with Crippen LogP contribution in [0.1, 0.15) is 57.1 Å². The molecular formula is C22H22BrI. The Kier molecular flexibility index (Phi) is 3.23. The summed E-state index contributed by atoms with van der Waals surface area (Å²) in [6, 6.07) is 14.2. The Bertz CT molecular complexity index is 799. The summed E-state index contributed by atoms with van der Waals surface area (Å²) in [6.07, 6.45) is 6.83. The molecule has 3 aliphatic carbocycles. The van der Waals surface area contributed by atoms with Crippen LogP contribution in [0.3, 0.4) is 0 Å². The van der Waals surface area contributed by atoms with Crippen LogP contribution in [0, 0.1) is 14.4 Å². The van der Waals surface area contributed by atoms with Gasteiger partial charge in [-0.25, -0.2) is 0 Å². The van der Waals surface area contributed by atoms with Crippen molar-refractivity contribution in [2.75, 3.05) is 0 Å². The fourth-order valence-electron chi connectivity index (χ4n) is 6.72. The van der Waals surface area contributed by atoms with E-state index in [4.69, 9.17) is 0 Å². The quantitative estimate of drug-likeness (QED) is 0.338. The first kappa shape index (κ1) is 15.9. The van der Waals surface area contributed by atoms with E-state index >= 15 is 0 Å². The molecule has 1 spiro atoms. The molecule has 2 unspecified atom stereocenters. The van der Waals surface area contributed by atoms with Crippen LogP contribution in [0.5, 0.6) is 0 Å². The van der Waals surface area contributed by atoms with Gasteiger partial charge in [0.2, 0.25) is 0 Å². The van der Waals surface area contributed by atoms with Crippen molar-refractivity contribution >= 4 is 38.5 Å². The maximum absolute atomic E-state index is 3.77. The van der Waals surface area contributed by atoms with Gasteiger partial charge in [0.1, 0.15) is 0 Å². The van der Waals surface area contributed by atoms with Gasteiger partial charge in [0, 0.05) is 13.5 Å². The third-order valence-electron chi connectivity index (χ3n) is 7.56. The third kappa shape index (κ3) is 1.66. The Balaban J connectivity index is 1.96. The molecular weight excluding hydrogens is 471 g/mol. The molecule has 2 saturated carbocycles. The molecule has 24 heavy (non-hydrogen) atoms. The molecule has 0 amide bonds. The second-order valence-corrected chi connectivity index (χ2v) is 10.8. The Morgan fingerprint density at radius 3 is 2.08 bits per heavy atom. The van der Waals surface area contributed by atoms with Gasteiger partial charge in [-0.2, -0.15) is 0 Å². The molecule has 0 nitrogen and oxygen atoms in total. The Labute approximate surface area is 166 Å². The molecule has 3 aliphatic rings. The maximum Gasteiger partial charge on any atom is 0.0323 e. The number of benzene rings is 2. The van der Waals surface area contributed by atoms with Crippen molar-refractivity contribution < 1.29 is 0 Å². The fourth-order valence-corrected chi connectivity index (χ4v) is 7.57. The van der Waals surface area contributed by atoms with Crippen LogP contribution < -0.4 is 0 Å². The summed E-state index contributed by atoms with van der Waals surface area (Å²) >= 11 is 6.26. The minimum atomic E-state index is 0.188. The van der Waals surface area contributed by atoms with Gasteiger partial charge in [-0.1, -0.05) is 48.3 Å². The maximum atomic E-state index is 3.77. The summed E-state index contributed by atoms with van der Waals surface area (Å²) in [5.41, 5.74) is 7.12. The monoisotopic (exact) mass is 492 g/mol. The lowest BCUT2D eigenvalue weighted by atomic mass is 9.48. The van der Waals surface area contributed by atoms with E-state index in [1.54, 1.807) is 11.1 Å². The Morgan fingerprint density at radius 2 is 1.42 bits per heavy atom. The predicted octanol–water partition coefficient (Wildman–Crippen LogP) is 7.31. The molecule has 0 aromatic heterocycles. The molecule has 0 saturated heterocycles. The lowest BCUT2D eigenvalue weighted by Crippen LogP contribution is -2.51. The smallest absolute Gasteiger partial charge is 0.0323 e. The zero-order valence-corrected chi connectivity index (χ0v) is 18.0. The number of fused-ring (bicyclic) bond motifs is 3. The van der Waals surface area contributed by atoms with E-state index < -0.39 is 0 Å². The average Bonchev–Trinajstić information content (AvgIpc) is 2.87. The summed E-state index contributed by atoms with van der Waals surface area (Å²) < 4.78 is 2.59. The van der Waals surface area contributed by atoms with Gasteiger partial charge < -0.3 is 0 Å². The minimum Gasteiger partial charge on any atom is -0.0584 e. The number of hydrogen-bond donors (Lipinski definition) is 0. The lowest BCUT2D eigenvalue weighted by molar-refractivity contribution is 0.0562. The topological polar surface area (TPSA) is 0 Å². The van der Waals surface area contributed by atoms with Gasteiger partial charge in [-0.05, 0) is 106 Å². The van der Waals surface area contributed by atoms with Crippen LogP contribution >= 0.6 is 38.5 Å². The molecule has 2 bridgehead atoms. The normalized spacial score (nSPS) is 36.0. The number of rotatable bonds is 0. The molecule has 2 fully saturated rings. The highest BCUT2D eigenvalue weighted by atomic mass is 127. The predicted molar refractivity (Wildman–Crippen MR) is 112 cm³/mol. The fraction of sp³-hybridized carbons (Fsp3) is 0.455. The van der Waals surface area contributed by atoms with Crippen molar-refractivity contribution in [2.24, 2.45) is 10.8 Å². The standard InChI is InChI=1S/C22H22BrI/c1-20-8-3-9-21(2,11-10-20)22(20)18-12-14(23)4-6-16(18)17-7-5-15(24)13-19(17)22/h4-7,12-13H,3,8-11H2,1-2H3. The largest absolute Gasteiger partial charge is 0.0584 e. The summed E-state index contributed by atoms with van der Waals surface area (Å²) in [7, 11) is 0. The molecule has 2 atom stereocenters. The van der Waals surface area contributed by atoms with Gasteiger partial charge in [0.15, 0.2) is 0 Å². The van der Waals surface area contributed by atoms with Crippen LogP contribution in [0.2, 0.25) is 0 Å². The highest BCUT2D eigenvalue weighted by molar-refractivity contribution is 14.1. The molecule has 0 heterocycles. The van der Waals surface area contributed by atoms with Crippen molar-refractivity contribution in [3.8, 4) is 11.1 Å². The van der Waals surface area contributed by atoms with Crippen molar-refractivity contribution in [1.82, 2.24) is 0 Å². The molecule has 0 N–H and O–H groups in total.